The quantitative estimate of drug-likeness (QED) is 0.287. The summed E-state index contributed by atoms with van der Waals surface area (Å²) in [5.41, 5.74) is 0. The van der Waals surface area contributed by atoms with Gasteiger partial charge >= 0.3 is 0 Å². The van der Waals surface area contributed by atoms with Gasteiger partial charge in [-0.25, -0.2) is 0 Å². The van der Waals surface area contributed by atoms with Gasteiger partial charge in [0.15, 0.2) is 0 Å². The number of hydrogen-bond donors (Lipinski definition) is 3. The summed E-state index contributed by atoms with van der Waals surface area (Å²) in [5.74, 6) is -1.07. The highest BCUT2D eigenvalue weighted by Crippen LogP contribution is 1.96. The van der Waals surface area contributed by atoms with E-state index in [1.54, 1.807) is 36.4 Å². The second kappa shape index (κ2) is 10.4. The lowest BCUT2D eigenvalue weighted by Gasteiger charge is -2.22. The Hall–Kier alpha value is -1.39. The van der Waals surface area contributed by atoms with Crippen molar-refractivity contribution >= 4 is 44.2 Å². The van der Waals surface area contributed by atoms with Crippen LogP contribution in [0.1, 0.15) is 20.3 Å². The largest absolute Gasteiger partial charge is 0.358 e. The second-order valence-corrected chi connectivity index (χ2v) is 5.58. The molecule has 0 aromatic rings. The summed E-state index contributed by atoms with van der Waals surface area (Å²) in [6.07, 6.45) is 0.0285. The third-order valence-corrected chi connectivity index (χ3v) is 2.73. The lowest BCUT2D eigenvalue weighted by molar-refractivity contribution is -0.139. The molecule has 0 aromatic heterocycles. The number of hydrogen-bond acceptors (Lipinski definition) is 4. The van der Waals surface area contributed by atoms with Crippen molar-refractivity contribution in [3.05, 3.63) is 0 Å². The summed E-state index contributed by atoms with van der Waals surface area (Å²) >= 11 is 1.56. The standard InChI is InChI=1S/C12H21IN4O4/c1-8(2)16-10(19)7-17(6-9(18)14-3)11(20)4-5-15-12(13)21/h8H,4-7H2,1-3H3,(H,14,18)(H,15,21)(H,16,19). The van der Waals surface area contributed by atoms with E-state index in [-0.39, 0.29) is 53.7 Å². The number of halogens is 1. The van der Waals surface area contributed by atoms with Crippen LogP contribution in [-0.4, -0.2) is 59.3 Å². The van der Waals surface area contributed by atoms with Crippen LogP contribution in [0.15, 0.2) is 0 Å². The summed E-state index contributed by atoms with van der Waals surface area (Å²) in [6, 6.07) is -0.0484. The van der Waals surface area contributed by atoms with E-state index in [4.69, 9.17) is 0 Å². The van der Waals surface area contributed by atoms with Crippen LogP contribution in [0.5, 0.6) is 0 Å². The van der Waals surface area contributed by atoms with Crippen LogP contribution in [0, 0.1) is 0 Å². The molecule has 9 heteroatoms. The topological polar surface area (TPSA) is 108 Å². The minimum Gasteiger partial charge on any atom is -0.358 e. The lowest BCUT2D eigenvalue weighted by atomic mass is 10.3. The molecule has 0 aliphatic heterocycles. The molecule has 0 aliphatic carbocycles. The average molecular weight is 412 g/mol. The first-order valence-corrected chi connectivity index (χ1v) is 7.55. The Balaban J connectivity index is 4.56. The Morgan fingerprint density at radius 3 is 2.14 bits per heavy atom. The Morgan fingerprint density at radius 2 is 1.67 bits per heavy atom. The lowest BCUT2D eigenvalue weighted by Crippen LogP contribution is -2.47. The molecule has 21 heavy (non-hydrogen) atoms. The van der Waals surface area contributed by atoms with Crippen LogP contribution in [0.3, 0.4) is 0 Å². The zero-order chi connectivity index (χ0) is 16.4. The summed E-state index contributed by atoms with van der Waals surface area (Å²) in [7, 11) is 1.45. The molecule has 0 heterocycles. The van der Waals surface area contributed by atoms with Crippen molar-refractivity contribution in [2.24, 2.45) is 0 Å². The number of likely N-dealkylation sites (N-methyl/N-ethyl adjacent to an activating group) is 1. The van der Waals surface area contributed by atoms with Crippen LogP contribution in [0.2, 0.25) is 0 Å². The molecule has 120 valence electrons. The monoisotopic (exact) mass is 412 g/mol. The fraction of sp³-hybridized carbons (Fsp3) is 0.667. The molecule has 0 rings (SSSR count). The van der Waals surface area contributed by atoms with Crippen molar-refractivity contribution in [3.63, 3.8) is 0 Å². The smallest absolute Gasteiger partial charge is 0.280 e. The third kappa shape index (κ3) is 10.0. The van der Waals surface area contributed by atoms with Gasteiger partial charge < -0.3 is 20.9 Å². The third-order valence-electron chi connectivity index (χ3n) is 2.35. The highest BCUT2D eigenvalue weighted by molar-refractivity contribution is 14.1. The first kappa shape index (κ1) is 19.6. The van der Waals surface area contributed by atoms with Gasteiger partial charge in [-0.15, -0.1) is 0 Å². The van der Waals surface area contributed by atoms with Crippen molar-refractivity contribution in [3.8, 4) is 0 Å². The first-order chi connectivity index (χ1) is 9.76. The Bertz CT molecular complexity index is 401. The van der Waals surface area contributed by atoms with Gasteiger partial charge in [0.05, 0.1) is 0 Å². The van der Waals surface area contributed by atoms with E-state index < -0.39 is 0 Å². The molecule has 0 bridgehead atoms. The first-order valence-electron chi connectivity index (χ1n) is 6.47. The highest BCUT2D eigenvalue weighted by Gasteiger charge is 2.19. The average Bonchev–Trinajstić information content (AvgIpc) is 2.36. The van der Waals surface area contributed by atoms with E-state index in [1.165, 1.54) is 7.05 Å². The van der Waals surface area contributed by atoms with Crippen molar-refractivity contribution in [1.29, 1.82) is 0 Å². The van der Waals surface area contributed by atoms with Crippen LogP contribution in [0.25, 0.3) is 0 Å². The van der Waals surface area contributed by atoms with Gasteiger partial charge in [-0.05, 0) is 13.8 Å². The normalized spacial score (nSPS) is 9.95. The zero-order valence-electron chi connectivity index (χ0n) is 12.4. The van der Waals surface area contributed by atoms with E-state index in [1.807, 2.05) is 0 Å². The molecule has 0 saturated heterocycles. The fourth-order valence-corrected chi connectivity index (χ4v) is 1.72. The Labute approximate surface area is 137 Å². The van der Waals surface area contributed by atoms with Crippen molar-refractivity contribution in [2.75, 3.05) is 26.7 Å². The van der Waals surface area contributed by atoms with Gasteiger partial charge in [-0.2, -0.15) is 0 Å². The summed E-state index contributed by atoms with van der Waals surface area (Å²) in [4.78, 5) is 47.0. The maximum Gasteiger partial charge on any atom is 0.280 e. The molecule has 8 nitrogen and oxygen atoms in total. The summed E-state index contributed by atoms with van der Waals surface area (Å²) in [5, 5.41) is 7.54. The Kier molecular flexibility index (Phi) is 9.67. The number of nitrogens with one attached hydrogen (secondary N) is 3. The van der Waals surface area contributed by atoms with Crippen molar-refractivity contribution in [1.82, 2.24) is 20.9 Å². The molecule has 0 saturated carbocycles. The molecule has 0 spiro atoms. The molecule has 0 unspecified atom stereocenters. The SMILES string of the molecule is CNC(=O)CN(CC(=O)NC(C)C)C(=O)CCNC(=O)I. The van der Waals surface area contributed by atoms with E-state index in [9.17, 15) is 19.2 Å². The number of rotatable bonds is 8. The predicted molar refractivity (Wildman–Crippen MR) is 86.0 cm³/mol. The number of carbonyl (C=O) groups is 4. The molecular formula is C12H21IN4O4. The molecule has 0 radical (unpaired) electrons. The van der Waals surface area contributed by atoms with E-state index in [2.05, 4.69) is 16.0 Å². The molecule has 0 fully saturated rings. The van der Waals surface area contributed by atoms with Crippen LogP contribution < -0.4 is 16.0 Å². The van der Waals surface area contributed by atoms with E-state index in [0.717, 1.165) is 4.90 Å². The maximum absolute atomic E-state index is 12.0. The minimum atomic E-state index is -0.373. The summed E-state index contributed by atoms with van der Waals surface area (Å²) in [6.45, 7) is 3.38. The van der Waals surface area contributed by atoms with Gasteiger partial charge in [-0.3, -0.25) is 19.2 Å². The molecule has 0 atom stereocenters. The van der Waals surface area contributed by atoms with Gasteiger partial charge in [0.25, 0.3) is 3.91 Å². The zero-order valence-corrected chi connectivity index (χ0v) is 14.5. The minimum absolute atomic E-state index is 0.0285. The number of carbonyl (C=O) groups excluding carboxylic acids is 4. The molecule has 4 amide bonds. The predicted octanol–water partition coefficient (Wildman–Crippen LogP) is -0.380. The Morgan fingerprint density at radius 1 is 1.10 bits per heavy atom. The van der Waals surface area contributed by atoms with E-state index >= 15 is 0 Å². The van der Waals surface area contributed by atoms with Gasteiger partial charge in [0.1, 0.15) is 13.1 Å². The van der Waals surface area contributed by atoms with Crippen molar-refractivity contribution in [2.45, 2.75) is 26.3 Å². The highest BCUT2D eigenvalue weighted by atomic mass is 127. The molecular weight excluding hydrogens is 391 g/mol. The van der Waals surface area contributed by atoms with Crippen LogP contribution >= 0.6 is 22.6 Å². The fourth-order valence-electron chi connectivity index (χ4n) is 1.45. The number of nitrogens with zero attached hydrogens (tertiary/aromatic N) is 1. The molecule has 3 N–H and O–H groups in total. The van der Waals surface area contributed by atoms with Gasteiger partial charge in [0, 0.05) is 48.6 Å². The van der Waals surface area contributed by atoms with E-state index in [0.29, 0.717) is 0 Å². The molecule has 0 aliphatic rings. The van der Waals surface area contributed by atoms with Crippen molar-refractivity contribution < 1.29 is 19.2 Å². The second-order valence-electron chi connectivity index (χ2n) is 4.60. The van der Waals surface area contributed by atoms with Crippen LogP contribution in [0.4, 0.5) is 4.79 Å². The van der Waals surface area contributed by atoms with Gasteiger partial charge in [-0.1, -0.05) is 0 Å². The number of amides is 4. The maximum atomic E-state index is 12.0. The molecule has 0 aromatic carbocycles. The summed E-state index contributed by atoms with van der Waals surface area (Å²) < 4.78 is -0.268. The van der Waals surface area contributed by atoms with Crippen LogP contribution in [-0.2, 0) is 14.4 Å². The van der Waals surface area contributed by atoms with Gasteiger partial charge in [0.2, 0.25) is 17.7 Å².